The molecule has 2 aliphatic rings. The number of fused-ring (bicyclic) bond motifs is 2. The van der Waals surface area contributed by atoms with Crippen molar-refractivity contribution in [2.45, 2.75) is 69.2 Å². The fourth-order valence-electron chi connectivity index (χ4n) is 3.36. The zero-order valence-electron chi connectivity index (χ0n) is 12.4. The van der Waals surface area contributed by atoms with Gasteiger partial charge in [0.2, 0.25) is 0 Å². The third-order valence-electron chi connectivity index (χ3n) is 4.36. The van der Waals surface area contributed by atoms with Gasteiger partial charge >= 0.3 is 0 Å². The van der Waals surface area contributed by atoms with Gasteiger partial charge in [-0.2, -0.15) is 0 Å². The molecule has 2 saturated heterocycles. The molecule has 1 aromatic rings. The molecule has 2 fully saturated rings. The number of piperidine rings is 1. The normalized spacial score (nSPS) is 28.4. The van der Waals surface area contributed by atoms with E-state index < -0.39 is 10.0 Å². The summed E-state index contributed by atoms with van der Waals surface area (Å²) in [6, 6.07) is 0.971. The molecule has 0 aromatic carbocycles. The molecule has 0 aliphatic carbocycles. The van der Waals surface area contributed by atoms with Gasteiger partial charge < -0.3 is 9.88 Å². The van der Waals surface area contributed by atoms with Gasteiger partial charge in [0.25, 0.3) is 10.0 Å². The first-order valence-electron chi connectivity index (χ1n) is 7.30. The highest BCUT2D eigenvalue weighted by Crippen LogP contribution is 2.27. The second-order valence-electron chi connectivity index (χ2n) is 5.84. The molecule has 0 radical (unpaired) electrons. The van der Waals surface area contributed by atoms with Crippen molar-refractivity contribution in [2.24, 2.45) is 0 Å². The van der Waals surface area contributed by atoms with Crippen molar-refractivity contribution in [2.75, 3.05) is 0 Å². The Hall–Kier alpha value is -0.630. The van der Waals surface area contributed by atoms with Crippen LogP contribution in [0.5, 0.6) is 0 Å². The van der Waals surface area contributed by atoms with Crippen LogP contribution in [-0.2, 0) is 16.6 Å². The summed E-state index contributed by atoms with van der Waals surface area (Å²) in [4.78, 5) is 4.17. The fraction of sp³-hybridized carbons (Fsp3) is 0.769. The predicted molar refractivity (Wildman–Crippen MR) is 83.2 cm³/mol. The van der Waals surface area contributed by atoms with Gasteiger partial charge in [-0.3, -0.25) is 0 Å². The van der Waals surface area contributed by atoms with Crippen LogP contribution >= 0.6 is 12.4 Å². The molecule has 3 rings (SSSR count). The molecule has 0 spiro atoms. The molecule has 2 atom stereocenters. The Kier molecular flexibility index (Phi) is 4.97. The van der Waals surface area contributed by atoms with Crippen molar-refractivity contribution < 1.29 is 8.42 Å². The monoisotopic (exact) mass is 334 g/mol. The zero-order valence-corrected chi connectivity index (χ0v) is 14.0. The largest absolute Gasteiger partial charge is 0.334 e. The fourth-order valence-corrected chi connectivity index (χ4v) is 4.63. The molecule has 2 aliphatic heterocycles. The molecule has 1 aromatic heterocycles. The third-order valence-corrected chi connectivity index (χ3v) is 5.76. The Morgan fingerprint density at radius 1 is 1.38 bits per heavy atom. The maximum atomic E-state index is 12.4. The van der Waals surface area contributed by atoms with E-state index in [4.69, 9.17) is 0 Å². The molecule has 21 heavy (non-hydrogen) atoms. The summed E-state index contributed by atoms with van der Waals surface area (Å²) in [5, 5.41) is 3.66. The van der Waals surface area contributed by atoms with Gasteiger partial charge in [-0.15, -0.1) is 12.4 Å². The minimum Gasteiger partial charge on any atom is -0.334 e. The number of aromatic nitrogens is 2. The van der Waals surface area contributed by atoms with Crippen molar-refractivity contribution in [1.82, 2.24) is 19.6 Å². The molecule has 0 amide bonds. The molecule has 2 bridgehead atoms. The number of imidazole rings is 1. The van der Waals surface area contributed by atoms with Crippen LogP contribution in [0.1, 0.15) is 38.4 Å². The second-order valence-corrected chi connectivity index (χ2v) is 7.50. The molecule has 120 valence electrons. The Balaban J connectivity index is 0.00000161. The number of rotatable bonds is 4. The van der Waals surface area contributed by atoms with Crippen LogP contribution in [0.4, 0.5) is 0 Å². The van der Waals surface area contributed by atoms with Gasteiger partial charge in [0, 0.05) is 30.9 Å². The van der Waals surface area contributed by atoms with Gasteiger partial charge in [0.05, 0.1) is 0 Å². The molecule has 2 N–H and O–H groups in total. The molecular weight excluding hydrogens is 312 g/mol. The van der Waals surface area contributed by atoms with Gasteiger partial charge in [0.1, 0.15) is 5.82 Å². The van der Waals surface area contributed by atoms with Crippen molar-refractivity contribution in [3.8, 4) is 0 Å². The van der Waals surface area contributed by atoms with Crippen LogP contribution in [0.3, 0.4) is 0 Å². The maximum Gasteiger partial charge on any atom is 0.259 e. The summed E-state index contributed by atoms with van der Waals surface area (Å²) in [6.07, 6.45) is 5.69. The lowest BCUT2D eigenvalue weighted by atomic mass is 10.0. The molecule has 6 nitrogen and oxygen atoms in total. The van der Waals surface area contributed by atoms with Crippen LogP contribution in [0.25, 0.3) is 0 Å². The number of sulfonamides is 1. The van der Waals surface area contributed by atoms with E-state index in [1.165, 1.54) is 0 Å². The number of nitrogens with one attached hydrogen (secondary N) is 2. The van der Waals surface area contributed by atoms with Crippen molar-refractivity contribution in [3.63, 3.8) is 0 Å². The Bertz CT molecular complexity index is 589. The van der Waals surface area contributed by atoms with Crippen molar-refractivity contribution >= 4 is 22.4 Å². The van der Waals surface area contributed by atoms with E-state index in [0.29, 0.717) is 12.1 Å². The minimum atomic E-state index is -3.50. The average Bonchev–Trinajstić information content (AvgIpc) is 2.92. The number of hydrogen-bond acceptors (Lipinski definition) is 4. The van der Waals surface area contributed by atoms with Crippen molar-refractivity contribution in [3.05, 3.63) is 12.0 Å². The second kappa shape index (κ2) is 6.24. The summed E-state index contributed by atoms with van der Waals surface area (Å²) >= 11 is 0. The van der Waals surface area contributed by atoms with Gasteiger partial charge in [-0.25, -0.2) is 18.1 Å². The Labute approximate surface area is 132 Å². The lowest BCUT2D eigenvalue weighted by Crippen LogP contribution is -2.47. The molecular formula is C13H23ClN4O2S. The summed E-state index contributed by atoms with van der Waals surface area (Å²) < 4.78 is 29.5. The summed E-state index contributed by atoms with van der Waals surface area (Å²) in [6.45, 7) is 4.53. The average molecular weight is 335 g/mol. The van der Waals surface area contributed by atoms with Crippen LogP contribution < -0.4 is 10.0 Å². The first-order chi connectivity index (χ1) is 9.48. The van der Waals surface area contributed by atoms with Gasteiger partial charge in [-0.1, -0.05) is 0 Å². The lowest BCUT2D eigenvalue weighted by molar-refractivity contribution is 0.345. The Morgan fingerprint density at radius 3 is 2.52 bits per heavy atom. The van der Waals surface area contributed by atoms with E-state index in [0.717, 1.165) is 38.1 Å². The molecule has 2 unspecified atom stereocenters. The smallest absolute Gasteiger partial charge is 0.259 e. The lowest BCUT2D eigenvalue weighted by Gasteiger charge is -2.29. The highest BCUT2D eigenvalue weighted by Gasteiger charge is 2.35. The predicted octanol–water partition coefficient (Wildman–Crippen LogP) is 1.19. The SMILES string of the molecule is CCn1cc(S(=O)(=O)NC2CC3CCC(C2)N3)nc1C.Cl. The van der Waals surface area contributed by atoms with E-state index >= 15 is 0 Å². The number of hydrogen-bond donors (Lipinski definition) is 2. The first kappa shape index (κ1) is 16.7. The summed E-state index contributed by atoms with van der Waals surface area (Å²) in [5.74, 6) is 0.734. The minimum absolute atomic E-state index is 0. The highest BCUT2D eigenvalue weighted by atomic mass is 35.5. The standard InChI is InChI=1S/C13H22N4O2S.ClH/c1-3-17-8-13(14-9(17)2)20(18,19)16-12-6-10-4-5-11(7-12)15-10;/h8,10-12,15-16H,3-7H2,1-2H3;1H. The van der Waals surface area contributed by atoms with E-state index in [2.05, 4.69) is 15.0 Å². The van der Waals surface area contributed by atoms with Crippen molar-refractivity contribution in [1.29, 1.82) is 0 Å². The van der Waals surface area contributed by atoms with Crippen LogP contribution in [0.2, 0.25) is 0 Å². The quantitative estimate of drug-likeness (QED) is 0.867. The van der Waals surface area contributed by atoms with Crippen LogP contribution in [-0.4, -0.2) is 36.1 Å². The Morgan fingerprint density at radius 2 is 2.00 bits per heavy atom. The summed E-state index contributed by atoms with van der Waals surface area (Å²) in [7, 11) is -3.50. The molecule has 8 heteroatoms. The maximum absolute atomic E-state index is 12.4. The highest BCUT2D eigenvalue weighted by molar-refractivity contribution is 7.89. The molecule has 0 saturated carbocycles. The topological polar surface area (TPSA) is 76.0 Å². The number of nitrogens with zero attached hydrogens (tertiary/aromatic N) is 2. The van der Waals surface area contributed by atoms with E-state index in [-0.39, 0.29) is 23.5 Å². The van der Waals surface area contributed by atoms with E-state index in [1.54, 1.807) is 6.20 Å². The van der Waals surface area contributed by atoms with Crippen LogP contribution in [0, 0.1) is 6.92 Å². The number of halogens is 1. The number of aryl methyl sites for hydroxylation is 2. The van der Waals surface area contributed by atoms with E-state index in [1.807, 2.05) is 18.4 Å². The summed E-state index contributed by atoms with van der Waals surface area (Å²) in [5.41, 5.74) is 0. The molecule has 3 heterocycles. The van der Waals surface area contributed by atoms with Gasteiger partial charge in [0.15, 0.2) is 5.03 Å². The van der Waals surface area contributed by atoms with E-state index in [9.17, 15) is 8.42 Å². The first-order valence-corrected chi connectivity index (χ1v) is 8.78. The zero-order chi connectivity index (χ0) is 14.3. The third kappa shape index (κ3) is 3.41. The van der Waals surface area contributed by atoms with Gasteiger partial charge in [-0.05, 0) is 39.5 Å². The van der Waals surface area contributed by atoms with Crippen LogP contribution in [0.15, 0.2) is 11.2 Å².